The minimum atomic E-state index is -4.66. The van der Waals surface area contributed by atoms with Crippen LogP contribution in [0.4, 0.5) is 13.2 Å². The third kappa shape index (κ3) is 4.33. The van der Waals surface area contributed by atoms with Gasteiger partial charge in [0.15, 0.2) is 0 Å². The van der Waals surface area contributed by atoms with Crippen molar-refractivity contribution in [2.45, 2.75) is 31.9 Å². The molecule has 0 atom stereocenters. The standard InChI is InChI=1S/C16H15F3N2O3/c17-16(18,19)15-20-14(21-24-15)12-6-3-10(4-7-12)5-8-13(22)23-9-11-1-2-11/h3-4,6-7,11H,1-2,5,8-9H2. The van der Waals surface area contributed by atoms with Crippen molar-refractivity contribution in [1.29, 1.82) is 0 Å². The molecule has 1 aliphatic carbocycles. The molecule has 1 aliphatic rings. The second-order valence-electron chi connectivity index (χ2n) is 5.74. The Morgan fingerprint density at radius 3 is 2.54 bits per heavy atom. The Bertz CT molecular complexity index is 706. The molecule has 1 aromatic carbocycles. The summed E-state index contributed by atoms with van der Waals surface area (Å²) in [6.45, 7) is 0.497. The molecule has 1 heterocycles. The summed E-state index contributed by atoms with van der Waals surface area (Å²) < 4.78 is 46.6. The van der Waals surface area contributed by atoms with Gasteiger partial charge >= 0.3 is 18.0 Å². The summed E-state index contributed by atoms with van der Waals surface area (Å²) in [4.78, 5) is 14.9. The number of benzene rings is 1. The van der Waals surface area contributed by atoms with E-state index in [2.05, 4.69) is 14.7 Å². The van der Waals surface area contributed by atoms with Crippen LogP contribution in [0.25, 0.3) is 11.4 Å². The average Bonchev–Trinajstić information content (AvgIpc) is 3.23. The van der Waals surface area contributed by atoms with E-state index >= 15 is 0 Å². The first-order valence-corrected chi connectivity index (χ1v) is 7.57. The molecule has 3 rings (SSSR count). The van der Waals surface area contributed by atoms with Crippen molar-refractivity contribution < 1.29 is 27.2 Å². The summed E-state index contributed by atoms with van der Waals surface area (Å²) in [5, 5.41) is 3.32. The first-order chi connectivity index (χ1) is 11.4. The van der Waals surface area contributed by atoms with Crippen LogP contribution in [0.5, 0.6) is 0 Å². The fourth-order valence-electron chi connectivity index (χ4n) is 2.09. The van der Waals surface area contributed by atoms with E-state index in [1.807, 2.05) is 0 Å². The van der Waals surface area contributed by atoms with E-state index in [-0.39, 0.29) is 18.2 Å². The molecule has 0 unspecified atom stereocenters. The van der Waals surface area contributed by atoms with Gasteiger partial charge in [-0.15, -0.1) is 0 Å². The topological polar surface area (TPSA) is 65.2 Å². The summed E-state index contributed by atoms with van der Waals surface area (Å²) in [6, 6.07) is 6.62. The van der Waals surface area contributed by atoms with Crippen molar-refractivity contribution >= 4 is 5.97 Å². The molecule has 0 aliphatic heterocycles. The van der Waals surface area contributed by atoms with Gasteiger partial charge in [0.05, 0.1) is 6.61 Å². The summed E-state index contributed by atoms with van der Waals surface area (Å²) in [5.74, 6) is -1.21. The van der Waals surface area contributed by atoms with Gasteiger partial charge in [-0.1, -0.05) is 29.4 Å². The number of carbonyl (C=O) groups excluding carboxylic acids is 1. The Balaban J connectivity index is 1.54. The number of carbonyl (C=O) groups is 1. The lowest BCUT2D eigenvalue weighted by Gasteiger charge is -2.04. The molecule has 0 spiro atoms. The molecule has 128 valence electrons. The maximum absolute atomic E-state index is 12.4. The lowest BCUT2D eigenvalue weighted by molar-refractivity contribution is -0.159. The molecular weight excluding hydrogens is 325 g/mol. The molecule has 0 bridgehead atoms. The van der Waals surface area contributed by atoms with E-state index in [0.717, 1.165) is 18.4 Å². The molecule has 24 heavy (non-hydrogen) atoms. The highest BCUT2D eigenvalue weighted by atomic mass is 19.4. The van der Waals surface area contributed by atoms with Gasteiger partial charge in [-0.3, -0.25) is 4.79 Å². The van der Waals surface area contributed by atoms with Crippen molar-refractivity contribution in [3.05, 3.63) is 35.7 Å². The predicted molar refractivity (Wildman–Crippen MR) is 76.7 cm³/mol. The highest BCUT2D eigenvalue weighted by Gasteiger charge is 2.38. The van der Waals surface area contributed by atoms with E-state index in [9.17, 15) is 18.0 Å². The summed E-state index contributed by atoms with van der Waals surface area (Å²) in [7, 11) is 0. The number of hydrogen-bond acceptors (Lipinski definition) is 5. The molecule has 8 heteroatoms. The molecule has 0 amide bonds. The maximum atomic E-state index is 12.4. The number of nitrogens with zero attached hydrogens (tertiary/aromatic N) is 2. The Morgan fingerprint density at radius 1 is 1.25 bits per heavy atom. The zero-order valence-electron chi connectivity index (χ0n) is 12.7. The molecular formula is C16H15F3N2O3. The number of aryl methyl sites for hydroxylation is 1. The molecule has 1 fully saturated rings. The van der Waals surface area contributed by atoms with Crippen LogP contribution in [0.2, 0.25) is 0 Å². The number of hydrogen-bond donors (Lipinski definition) is 0. The fourth-order valence-corrected chi connectivity index (χ4v) is 2.09. The SMILES string of the molecule is O=C(CCc1ccc(-c2noc(C(F)(F)F)n2)cc1)OCC1CC1. The minimum Gasteiger partial charge on any atom is -0.465 e. The van der Waals surface area contributed by atoms with Crippen LogP contribution in [0.3, 0.4) is 0 Å². The average molecular weight is 340 g/mol. The second-order valence-corrected chi connectivity index (χ2v) is 5.74. The van der Waals surface area contributed by atoms with Gasteiger partial charge in [-0.05, 0) is 30.7 Å². The van der Waals surface area contributed by atoms with Crippen molar-refractivity contribution in [2.75, 3.05) is 6.61 Å². The van der Waals surface area contributed by atoms with E-state index < -0.39 is 12.1 Å². The number of alkyl halides is 3. The number of ether oxygens (including phenoxy) is 1. The monoisotopic (exact) mass is 340 g/mol. The number of aromatic nitrogens is 2. The highest BCUT2D eigenvalue weighted by Crippen LogP contribution is 2.30. The Kier molecular flexibility index (Phi) is 4.55. The third-order valence-corrected chi connectivity index (χ3v) is 3.68. The first-order valence-electron chi connectivity index (χ1n) is 7.57. The smallest absolute Gasteiger partial charge is 0.465 e. The second kappa shape index (κ2) is 6.62. The van der Waals surface area contributed by atoms with Crippen LogP contribution >= 0.6 is 0 Å². The molecule has 2 aromatic rings. The molecule has 1 aromatic heterocycles. The molecule has 0 radical (unpaired) electrons. The van der Waals surface area contributed by atoms with Crippen molar-refractivity contribution in [1.82, 2.24) is 10.1 Å². The van der Waals surface area contributed by atoms with E-state index in [4.69, 9.17) is 4.74 Å². The predicted octanol–water partition coefficient (Wildman–Crippen LogP) is 3.64. The normalized spacial score (nSPS) is 14.6. The van der Waals surface area contributed by atoms with Crippen LogP contribution < -0.4 is 0 Å². The van der Waals surface area contributed by atoms with Crippen LogP contribution in [0.15, 0.2) is 28.8 Å². The zero-order valence-corrected chi connectivity index (χ0v) is 12.7. The maximum Gasteiger partial charge on any atom is 0.471 e. The van der Waals surface area contributed by atoms with Crippen molar-refractivity contribution in [3.63, 3.8) is 0 Å². The fraction of sp³-hybridized carbons (Fsp3) is 0.438. The summed E-state index contributed by atoms with van der Waals surface area (Å²) in [6.07, 6.45) is -1.63. The van der Waals surface area contributed by atoms with Gasteiger partial charge in [0.25, 0.3) is 0 Å². The molecule has 5 nitrogen and oxygen atoms in total. The van der Waals surface area contributed by atoms with Gasteiger partial charge in [0.2, 0.25) is 5.82 Å². The Morgan fingerprint density at radius 2 is 1.96 bits per heavy atom. The summed E-state index contributed by atoms with van der Waals surface area (Å²) >= 11 is 0. The number of halogens is 3. The van der Waals surface area contributed by atoms with Gasteiger partial charge in [0.1, 0.15) is 0 Å². The van der Waals surface area contributed by atoms with Gasteiger partial charge < -0.3 is 9.26 Å². The number of rotatable bonds is 6. The van der Waals surface area contributed by atoms with E-state index in [0.29, 0.717) is 24.5 Å². The largest absolute Gasteiger partial charge is 0.471 e. The lowest BCUT2D eigenvalue weighted by atomic mass is 10.1. The Hall–Kier alpha value is -2.38. The Labute approximate surface area is 135 Å². The van der Waals surface area contributed by atoms with Crippen LogP contribution in [-0.2, 0) is 22.1 Å². The highest BCUT2D eigenvalue weighted by molar-refractivity contribution is 5.69. The first kappa shape index (κ1) is 16.5. The van der Waals surface area contributed by atoms with Crippen molar-refractivity contribution in [3.8, 4) is 11.4 Å². The third-order valence-electron chi connectivity index (χ3n) is 3.68. The zero-order chi connectivity index (χ0) is 17.2. The van der Waals surface area contributed by atoms with Crippen molar-refractivity contribution in [2.24, 2.45) is 5.92 Å². The molecule has 0 saturated heterocycles. The molecule has 0 N–H and O–H groups in total. The van der Waals surface area contributed by atoms with E-state index in [1.54, 1.807) is 24.3 Å². The summed E-state index contributed by atoms with van der Waals surface area (Å²) in [5.41, 5.74) is 1.29. The van der Waals surface area contributed by atoms with Gasteiger partial charge in [-0.25, -0.2) is 0 Å². The lowest BCUT2D eigenvalue weighted by Crippen LogP contribution is -2.08. The van der Waals surface area contributed by atoms with Gasteiger partial charge in [-0.2, -0.15) is 18.2 Å². The van der Waals surface area contributed by atoms with Crippen LogP contribution in [-0.4, -0.2) is 22.7 Å². The number of esters is 1. The quantitative estimate of drug-likeness (QED) is 0.751. The minimum absolute atomic E-state index is 0.127. The van der Waals surface area contributed by atoms with Gasteiger partial charge in [0, 0.05) is 12.0 Å². The van der Waals surface area contributed by atoms with Crippen LogP contribution in [0, 0.1) is 5.92 Å². The van der Waals surface area contributed by atoms with Crippen LogP contribution in [0.1, 0.15) is 30.7 Å². The van der Waals surface area contributed by atoms with E-state index in [1.165, 1.54) is 0 Å². The molecule has 1 saturated carbocycles.